The van der Waals surface area contributed by atoms with E-state index in [0.717, 1.165) is 11.3 Å². The highest BCUT2D eigenvalue weighted by atomic mass is 35.5. The zero-order valence-corrected chi connectivity index (χ0v) is 13.3. The minimum Gasteiger partial charge on any atom is -0.467 e. The summed E-state index contributed by atoms with van der Waals surface area (Å²) in [5.41, 5.74) is 8.86. The van der Waals surface area contributed by atoms with E-state index in [1.165, 1.54) is 33.4 Å². The molecule has 0 amide bonds. The quantitative estimate of drug-likeness (QED) is 0.664. The van der Waals surface area contributed by atoms with E-state index in [-0.39, 0.29) is 5.38 Å². The van der Waals surface area contributed by atoms with Crippen molar-refractivity contribution in [1.82, 2.24) is 0 Å². The second-order valence-electron chi connectivity index (χ2n) is 5.37. The van der Waals surface area contributed by atoms with Crippen molar-refractivity contribution in [2.45, 2.75) is 46.9 Å². The second kappa shape index (κ2) is 5.05. The Morgan fingerprint density at radius 2 is 1.32 bits per heavy atom. The van der Waals surface area contributed by atoms with Gasteiger partial charge < -0.3 is 4.42 Å². The molecule has 1 atom stereocenters. The molecule has 0 aliphatic heterocycles. The highest BCUT2D eigenvalue weighted by Crippen LogP contribution is 2.38. The predicted octanol–water partition coefficient (Wildman–Crippen LogP) is 5.46. The molecule has 102 valence electrons. The number of hydrogen-bond acceptors (Lipinski definition) is 1. The van der Waals surface area contributed by atoms with Gasteiger partial charge in [-0.05, 0) is 86.6 Å². The largest absolute Gasteiger partial charge is 0.467 e. The molecular weight excluding hydrogens is 256 g/mol. The molecule has 1 unspecified atom stereocenters. The molecule has 0 bridgehead atoms. The Bertz CT molecular complexity index is 593. The fraction of sp³-hybridized carbons (Fsp3) is 0.412. The summed E-state index contributed by atoms with van der Waals surface area (Å²) in [4.78, 5) is 0. The van der Waals surface area contributed by atoms with Crippen molar-refractivity contribution in [3.8, 4) is 0 Å². The minimum absolute atomic E-state index is 0.215. The van der Waals surface area contributed by atoms with Gasteiger partial charge in [-0.25, -0.2) is 0 Å². The van der Waals surface area contributed by atoms with E-state index in [2.05, 4.69) is 34.6 Å². The van der Waals surface area contributed by atoms with Crippen LogP contribution in [0.1, 0.15) is 50.1 Å². The van der Waals surface area contributed by atoms with Crippen molar-refractivity contribution in [3.05, 3.63) is 57.0 Å². The van der Waals surface area contributed by atoms with Gasteiger partial charge >= 0.3 is 0 Å². The van der Waals surface area contributed by atoms with E-state index in [1.54, 1.807) is 6.26 Å². The molecule has 0 saturated heterocycles. The van der Waals surface area contributed by atoms with Gasteiger partial charge in [0.05, 0.1) is 6.26 Å². The number of hydrogen-bond donors (Lipinski definition) is 0. The van der Waals surface area contributed by atoms with Gasteiger partial charge in [-0.3, -0.25) is 0 Å². The zero-order valence-electron chi connectivity index (χ0n) is 12.5. The number of halogens is 1. The van der Waals surface area contributed by atoms with Gasteiger partial charge in [0.25, 0.3) is 0 Å². The second-order valence-corrected chi connectivity index (χ2v) is 5.81. The van der Waals surface area contributed by atoms with Gasteiger partial charge in [0.2, 0.25) is 0 Å². The Morgan fingerprint density at radius 3 is 1.74 bits per heavy atom. The van der Waals surface area contributed by atoms with Gasteiger partial charge in [0, 0.05) is 0 Å². The molecule has 1 aromatic heterocycles. The first kappa shape index (κ1) is 14.2. The molecular formula is C17H21ClO. The van der Waals surface area contributed by atoms with Crippen LogP contribution < -0.4 is 0 Å². The van der Waals surface area contributed by atoms with Gasteiger partial charge in [-0.15, -0.1) is 11.6 Å². The van der Waals surface area contributed by atoms with Crippen molar-refractivity contribution in [2.24, 2.45) is 0 Å². The van der Waals surface area contributed by atoms with Crippen molar-refractivity contribution in [3.63, 3.8) is 0 Å². The summed E-state index contributed by atoms with van der Waals surface area (Å²) in [6.45, 7) is 12.8. The molecule has 0 spiro atoms. The van der Waals surface area contributed by atoms with Crippen LogP contribution in [0.5, 0.6) is 0 Å². The average molecular weight is 277 g/mol. The van der Waals surface area contributed by atoms with E-state index in [4.69, 9.17) is 16.0 Å². The summed E-state index contributed by atoms with van der Waals surface area (Å²) >= 11 is 6.69. The fourth-order valence-corrected chi connectivity index (χ4v) is 3.24. The van der Waals surface area contributed by atoms with Crippen LogP contribution in [0.25, 0.3) is 0 Å². The van der Waals surface area contributed by atoms with Crippen LogP contribution in [0.4, 0.5) is 0 Å². The third-order valence-corrected chi connectivity index (χ3v) is 4.86. The van der Waals surface area contributed by atoms with E-state index in [1.807, 2.05) is 13.0 Å². The van der Waals surface area contributed by atoms with E-state index in [0.29, 0.717) is 0 Å². The number of rotatable bonds is 2. The van der Waals surface area contributed by atoms with Crippen LogP contribution in [0.3, 0.4) is 0 Å². The Morgan fingerprint density at radius 1 is 0.842 bits per heavy atom. The van der Waals surface area contributed by atoms with E-state index < -0.39 is 0 Å². The van der Waals surface area contributed by atoms with Gasteiger partial charge in [-0.2, -0.15) is 0 Å². The summed E-state index contributed by atoms with van der Waals surface area (Å²) < 4.78 is 5.57. The third-order valence-electron chi connectivity index (χ3n) is 4.44. The van der Waals surface area contributed by atoms with Crippen LogP contribution in [-0.2, 0) is 0 Å². The van der Waals surface area contributed by atoms with Gasteiger partial charge in [0.15, 0.2) is 0 Å². The summed E-state index contributed by atoms with van der Waals surface area (Å²) in [6.07, 6.45) is 1.71. The Hall–Kier alpha value is -1.21. The molecule has 1 heterocycles. The number of alkyl halides is 1. The van der Waals surface area contributed by atoms with Crippen LogP contribution in [-0.4, -0.2) is 0 Å². The third kappa shape index (κ3) is 2.21. The topological polar surface area (TPSA) is 13.1 Å². The monoisotopic (exact) mass is 276 g/mol. The molecule has 1 aromatic carbocycles. The molecule has 1 nitrogen and oxygen atoms in total. The lowest BCUT2D eigenvalue weighted by atomic mass is 9.87. The van der Waals surface area contributed by atoms with Crippen LogP contribution >= 0.6 is 11.6 Å². The number of furan rings is 1. The highest BCUT2D eigenvalue weighted by molar-refractivity contribution is 6.22. The number of aryl methyl sites for hydroxylation is 1. The SMILES string of the molecule is Cc1ccoc1C(Cl)c1c(C)c(C)c(C)c(C)c1C. The first-order valence-electron chi connectivity index (χ1n) is 6.61. The van der Waals surface area contributed by atoms with Crippen molar-refractivity contribution >= 4 is 11.6 Å². The lowest BCUT2D eigenvalue weighted by molar-refractivity contribution is 0.513. The maximum atomic E-state index is 6.69. The Labute approximate surface area is 120 Å². The van der Waals surface area contributed by atoms with E-state index >= 15 is 0 Å². The first-order chi connectivity index (χ1) is 8.86. The molecule has 0 saturated carbocycles. The van der Waals surface area contributed by atoms with Gasteiger partial charge in [0.1, 0.15) is 11.1 Å². The van der Waals surface area contributed by atoms with Crippen molar-refractivity contribution in [2.75, 3.05) is 0 Å². The van der Waals surface area contributed by atoms with Crippen LogP contribution in [0, 0.1) is 41.5 Å². The molecule has 19 heavy (non-hydrogen) atoms. The van der Waals surface area contributed by atoms with Crippen LogP contribution in [0.15, 0.2) is 16.7 Å². The standard InChI is InChI=1S/C17H21ClO/c1-9-7-8-19-17(9)16(18)15-13(5)11(3)10(2)12(4)14(15)6/h7-8,16H,1-6H3. The lowest BCUT2D eigenvalue weighted by Gasteiger charge is -2.21. The molecule has 2 heteroatoms. The first-order valence-corrected chi connectivity index (χ1v) is 7.04. The fourth-order valence-electron chi connectivity index (χ4n) is 2.68. The Kier molecular flexibility index (Phi) is 3.78. The maximum Gasteiger partial charge on any atom is 0.129 e. The average Bonchev–Trinajstić information content (AvgIpc) is 2.80. The normalized spacial score (nSPS) is 12.8. The molecule has 0 aliphatic carbocycles. The predicted molar refractivity (Wildman–Crippen MR) is 81.3 cm³/mol. The highest BCUT2D eigenvalue weighted by Gasteiger charge is 2.23. The molecule has 0 fully saturated rings. The number of benzene rings is 1. The molecule has 2 aromatic rings. The van der Waals surface area contributed by atoms with Crippen molar-refractivity contribution in [1.29, 1.82) is 0 Å². The smallest absolute Gasteiger partial charge is 0.129 e. The van der Waals surface area contributed by atoms with Crippen LogP contribution in [0.2, 0.25) is 0 Å². The van der Waals surface area contributed by atoms with Gasteiger partial charge in [-0.1, -0.05) is 0 Å². The molecule has 0 aliphatic rings. The summed E-state index contributed by atoms with van der Waals surface area (Å²) in [7, 11) is 0. The molecule has 2 rings (SSSR count). The lowest BCUT2D eigenvalue weighted by Crippen LogP contribution is -2.06. The van der Waals surface area contributed by atoms with E-state index in [9.17, 15) is 0 Å². The Balaban J connectivity index is 2.67. The summed E-state index contributed by atoms with van der Waals surface area (Å²) in [5.74, 6) is 0.857. The van der Waals surface area contributed by atoms with Crippen molar-refractivity contribution < 1.29 is 4.42 Å². The summed E-state index contributed by atoms with van der Waals surface area (Å²) in [6, 6.07) is 1.96. The zero-order chi connectivity index (χ0) is 14.3. The molecule has 0 radical (unpaired) electrons. The maximum absolute atomic E-state index is 6.69. The minimum atomic E-state index is -0.215. The summed E-state index contributed by atoms with van der Waals surface area (Å²) in [5, 5.41) is -0.215. The molecule has 0 N–H and O–H groups in total.